The third-order valence-corrected chi connectivity index (χ3v) is 6.44. The first-order valence-corrected chi connectivity index (χ1v) is 13.6. The minimum Gasteiger partial charge on any atom is -0.497 e. The number of H-pyrrole nitrogens is 1. The number of alkyl halides is 6. The molecule has 0 bridgehead atoms. The second-order valence-corrected chi connectivity index (χ2v) is 9.78. The number of amides is 1. The normalized spacial score (nSPS) is 11.7. The fraction of sp³-hybridized carbons (Fsp3) is 0.129. The van der Waals surface area contributed by atoms with Gasteiger partial charge in [-0.05, 0) is 53.9 Å². The lowest BCUT2D eigenvalue weighted by Crippen LogP contribution is -2.21. The summed E-state index contributed by atoms with van der Waals surface area (Å²) in [6, 6.07) is 18.2. The SMILES string of the molecule is COc1ccc(F)c(C(Nc2ccc3c(N)nccc3c2)c2nc(-c3ccccc3C(N)=O)c[nH]2)c1.O=C(O)C(F)(F)F.O=C(O)C(F)(F)F. The van der Waals surface area contributed by atoms with Gasteiger partial charge < -0.3 is 36.7 Å². The van der Waals surface area contributed by atoms with Crippen LogP contribution in [0.5, 0.6) is 5.75 Å². The van der Waals surface area contributed by atoms with Crippen molar-refractivity contribution in [2.45, 2.75) is 18.4 Å². The van der Waals surface area contributed by atoms with Crippen molar-refractivity contribution in [2.24, 2.45) is 5.73 Å². The summed E-state index contributed by atoms with van der Waals surface area (Å²) in [4.78, 5) is 41.7. The van der Waals surface area contributed by atoms with E-state index in [1.165, 1.54) is 13.2 Å². The Morgan fingerprint density at radius 3 is 2.12 bits per heavy atom. The molecule has 19 heteroatoms. The van der Waals surface area contributed by atoms with Crippen LogP contribution >= 0.6 is 0 Å². The van der Waals surface area contributed by atoms with Gasteiger partial charge in [-0.2, -0.15) is 26.3 Å². The Morgan fingerprint density at radius 2 is 1.54 bits per heavy atom. The van der Waals surface area contributed by atoms with Crippen LogP contribution in [0, 0.1) is 5.82 Å². The zero-order valence-corrected chi connectivity index (χ0v) is 25.3. The highest BCUT2D eigenvalue weighted by Gasteiger charge is 2.39. The third-order valence-electron chi connectivity index (χ3n) is 6.44. The zero-order valence-electron chi connectivity index (χ0n) is 25.3. The van der Waals surface area contributed by atoms with Gasteiger partial charge in [0, 0.05) is 40.2 Å². The number of imidazole rings is 1. The molecule has 0 radical (unpaired) electrons. The molecule has 2 heterocycles. The van der Waals surface area contributed by atoms with Crippen LogP contribution in [-0.2, 0) is 9.59 Å². The number of primary amides is 1. The summed E-state index contributed by atoms with van der Waals surface area (Å²) in [5.74, 6) is -5.14. The predicted molar refractivity (Wildman–Crippen MR) is 164 cm³/mol. The number of pyridine rings is 1. The van der Waals surface area contributed by atoms with Crippen molar-refractivity contribution < 1.29 is 60.1 Å². The smallest absolute Gasteiger partial charge is 0.490 e. The number of rotatable bonds is 7. The quantitative estimate of drug-likeness (QED) is 0.110. The maximum absolute atomic E-state index is 15.1. The van der Waals surface area contributed by atoms with Crippen molar-refractivity contribution in [2.75, 3.05) is 18.2 Å². The molecule has 5 rings (SSSR count). The number of aromatic nitrogens is 3. The molecule has 0 spiro atoms. The molecule has 0 saturated carbocycles. The minimum absolute atomic E-state index is 0.327. The van der Waals surface area contributed by atoms with Crippen LogP contribution in [-0.4, -0.2) is 62.5 Å². The standard InChI is InChI=1S/C27H23FN6O2.2C2HF3O2/c1-36-17-7-9-22(28)21(13-17)24(33-16-6-8-18-15(12-16)10-11-31-25(18)29)27-32-14-23(34-27)19-4-2-3-5-20(19)26(30)35;2*3-2(4,5)1(6)7/h2-14,24,33H,1H3,(H2,29,31)(H2,30,35)(H,32,34);2*(H,6,7). The van der Waals surface area contributed by atoms with E-state index >= 15 is 4.39 Å². The van der Waals surface area contributed by atoms with Gasteiger partial charge in [-0.15, -0.1) is 0 Å². The van der Waals surface area contributed by atoms with Gasteiger partial charge in [-0.3, -0.25) is 4.79 Å². The Balaban J connectivity index is 0.000000408. The maximum Gasteiger partial charge on any atom is 0.490 e. The topological polar surface area (TPSA) is 207 Å². The van der Waals surface area contributed by atoms with Gasteiger partial charge in [0.15, 0.2) is 0 Å². The van der Waals surface area contributed by atoms with Crippen LogP contribution in [0.25, 0.3) is 22.0 Å². The Bertz CT molecular complexity index is 1980. The van der Waals surface area contributed by atoms with Crippen molar-refractivity contribution in [3.05, 3.63) is 102 Å². The zero-order chi connectivity index (χ0) is 37.4. The number of hydrogen-bond acceptors (Lipinski definition) is 8. The van der Waals surface area contributed by atoms with Gasteiger partial charge in [0.05, 0.1) is 12.8 Å². The molecule has 1 amide bonds. The first kappa shape index (κ1) is 38.1. The van der Waals surface area contributed by atoms with Crippen molar-refractivity contribution >= 4 is 40.1 Å². The maximum atomic E-state index is 15.1. The first-order chi connectivity index (χ1) is 23.3. The number of hydrogen-bond donors (Lipinski definition) is 6. The molecule has 0 aliphatic heterocycles. The van der Waals surface area contributed by atoms with Crippen LogP contribution in [0.1, 0.15) is 27.8 Å². The summed E-state index contributed by atoms with van der Waals surface area (Å²) in [6.45, 7) is 0. The van der Waals surface area contributed by atoms with E-state index in [0.29, 0.717) is 39.8 Å². The lowest BCUT2D eigenvalue weighted by molar-refractivity contribution is -0.193. The molecule has 3 aromatic carbocycles. The van der Waals surface area contributed by atoms with Crippen LogP contribution in [0.3, 0.4) is 0 Å². The number of benzene rings is 3. The second-order valence-electron chi connectivity index (χ2n) is 9.78. The summed E-state index contributed by atoms with van der Waals surface area (Å²) < 4.78 is 83.9. The van der Waals surface area contributed by atoms with E-state index in [9.17, 15) is 31.1 Å². The number of halogens is 7. The number of ether oxygens (including phenoxy) is 1. The number of carboxylic acids is 2. The van der Waals surface area contributed by atoms with E-state index in [1.807, 2.05) is 24.3 Å². The summed E-state index contributed by atoms with van der Waals surface area (Å²) >= 11 is 0. The number of aliphatic carboxylic acids is 2. The molecular formula is C31H25F7N6O6. The van der Waals surface area contributed by atoms with Crippen LogP contribution in [0.4, 0.5) is 42.2 Å². The van der Waals surface area contributed by atoms with Crippen molar-refractivity contribution in [3.8, 4) is 17.0 Å². The van der Waals surface area contributed by atoms with E-state index in [2.05, 4.69) is 15.3 Å². The predicted octanol–water partition coefficient (Wildman–Crippen LogP) is 5.92. The van der Waals surface area contributed by atoms with Gasteiger partial charge in [-0.25, -0.2) is 23.9 Å². The van der Waals surface area contributed by atoms with Gasteiger partial charge in [0.25, 0.3) is 0 Å². The molecule has 0 fully saturated rings. The second kappa shape index (κ2) is 15.7. The molecule has 264 valence electrons. The van der Waals surface area contributed by atoms with Crippen molar-refractivity contribution in [1.82, 2.24) is 15.0 Å². The Kier molecular flexibility index (Phi) is 11.9. The van der Waals surface area contributed by atoms with Crippen molar-refractivity contribution in [3.63, 3.8) is 0 Å². The first-order valence-electron chi connectivity index (χ1n) is 13.6. The lowest BCUT2D eigenvalue weighted by atomic mass is 10.0. The number of nitrogens with one attached hydrogen (secondary N) is 2. The molecule has 0 saturated heterocycles. The number of fused-ring (bicyclic) bond motifs is 1. The number of carboxylic acid groups (broad SMARTS) is 2. The van der Waals surface area contributed by atoms with E-state index in [1.54, 1.807) is 48.8 Å². The van der Waals surface area contributed by atoms with Gasteiger partial charge in [0.1, 0.15) is 29.3 Å². The van der Waals surface area contributed by atoms with E-state index < -0.39 is 42.1 Å². The molecule has 0 aliphatic carbocycles. The molecule has 1 unspecified atom stereocenters. The molecule has 12 nitrogen and oxygen atoms in total. The number of carbonyl (C=O) groups excluding carboxylic acids is 1. The van der Waals surface area contributed by atoms with E-state index in [0.717, 1.165) is 16.5 Å². The molecule has 50 heavy (non-hydrogen) atoms. The number of nitrogens with zero attached hydrogens (tertiary/aromatic N) is 2. The summed E-state index contributed by atoms with van der Waals surface area (Å²) in [6.07, 6.45) is -6.87. The van der Waals surface area contributed by atoms with E-state index in [-0.39, 0.29) is 0 Å². The van der Waals surface area contributed by atoms with Gasteiger partial charge >= 0.3 is 24.3 Å². The highest BCUT2D eigenvalue weighted by molar-refractivity contribution is 5.99. The number of aromatic amines is 1. The Labute approximate surface area is 276 Å². The molecule has 0 aliphatic rings. The molecule has 5 aromatic rings. The largest absolute Gasteiger partial charge is 0.497 e. The average molecular weight is 711 g/mol. The number of nitrogen functional groups attached to an aromatic ring is 1. The lowest BCUT2D eigenvalue weighted by Gasteiger charge is -2.20. The number of carbonyl (C=O) groups is 3. The van der Waals surface area contributed by atoms with Crippen LogP contribution in [0.2, 0.25) is 0 Å². The van der Waals surface area contributed by atoms with E-state index in [4.69, 9.17) is 41.0 Å². The molecule has 8 N–H and O–H groups in total. The number of nitrogens with two attached hydrogens (primary N) is 2. The van der Waals surface area contributed by atoms with Crippen LogP contribution in [0.15, 0.2) is 79.1 Å². The minimum atomic E-state index is -5.08. The Hall–Kier alpha value is -6.40. The van der Waals surface area contributed by atoms with Gasteiger partial charge in [-0.1, -0.05) is 18.2 Å². The molecule has 2 aromatic heterocycles. The average Bonchev–Trinajstić information content (AvgIpc) is 3.54. The van der Waals surface area contributed by atoms with Crippen LogP contribution < -0.4 is 21.5 Å². The monoisotopic (exact) mass is 710 g/mol. The summed E-state index contributed by atoms with van der Waals surface area (Å²) in [5.41, 5.74) is 14.0. The number of anilines is 2. The highest BCUT2D eigenvalue weighted by Crippen LogP contribution is 2.33. The summed E-state index contributed by atoms with van der Waals surface area (Å²) in [7, 11) is 1.52. The highest BCUT2D eigenvalue weighted by atomic mass is 19.4. The molecule has 1 atom stereocenters. The van der Waals surface area contributed by atoms with Gasteiger partial charge in [0.2, 0.25) is 5.91 Å². The summed E-state index contributed by atoms with van der Waals surface area (Å²) in [5, 5.41) is 19.3. The van der Waals surface area contributed by atoms with Crippen molar-refractivity contribution in [1.29, 1.82) is 0 Å². The third kappa shape index (κ3) is 9.81. The fourth-order valence-corrected chi connectivity index (χ4v) is 4.16. The fourth-order valence-electron chi connectivity index (χ4n) is 4.16. The Morgan fingerprint density at radius 1 is 0.920 bits per heavy atom. The molecular weight excluding hydrogens is 685 g/mol. The number of methoxy groups -OCH3 is 1.